The monoisotopic (exact) mass is 532 g/mol. The van der Waals surface area contributed by atoms with E-state index in [4.69, 9.17) is 9.47 Å². The van der Waals surface area contributed by atoms with E-state index in [1.165, 1.54) is 70.6 Å². The number of aliphatic hydroxyl groups excluding tert-OH is 1. The van der Waals surface area contributed by atoms with Crippen molar-refractivity contribution >= 4 is 5.97 Å². The summed E-state index contributed by atoms with van der Waals surface area (Å²) < 4.78 is 10.8. The molecule has 0 fully saturated rings. The number of esters is 1. The van der Waals surface area contributed by atoms with Crippen LogP contribution in [0.25, 0.3) is 0 Å². The summed E-state index contributed by atoms with van der Waals surface area (Å²) in [5.74, 6) is -0.240. The molecule has 4 nitrogen and oxygen atoms in total. The SMILES string of the molecule is CC/C=C\C/C=C\C/C=C\C/C=C\CCCCCCCCCCCCCOCC(CO)OC(=O)CCCC. The maximum absolute atomic E-state index is 11.6. The Morgan fingerprint density at radius 1 is 0.658 bits per heavy atom. The fourth-order valence-electron chi connectivity index (χ4n) is 4.06. The molecule has 1 N–H and O–H groups in total. The molecule has 0 aromatic heterocycles. The van der Waals surface area contributed by atoms with Crippen LogP contribution in [0.5, 0.6) is 0 Å². The summed E-state index contributed by atoms with van der Waals surface area (Å²) in [6.07, 6.45) is 39.5. The normalized spacial score (nSPS) is 13.0. The maximum Gasteiger partial charge on any atom is 0.306 e. The summed E-state index contributed by atoms with van der Waals surface area (Å²) in [5.41, 5.74) is 0. The lowest BCUT2D eigenvalue weighted by molar-refractivity contribution is -0.154. The summed E-state index contributed by atoms with van der Waals surface area (Å²) >= 11 is 0. The molecule has 0 amide bonds. The maximum atomic E-state index is 11.6. The predicted octanol–water partition coefficient (Wildman–Crippen LogP) is 9.58. The average molecular weight is 533 g/mol. The minimum Gasteiger partial charge on any atom is -0.457 e. The van der Waals surface area contributed by atoms with Gasteiger partial charge in [0.2, 0.25) is 0 Å². The summed E-state index contributed by atoms with van der Waals surface area (Å²) in [6, 6.07) is 0. The van der Waals surface area contributed by atoms with Crippen molar-refractivity contribution in [2.45, 2.75) is 142 Å². The van der Waals surface area contributed by atoms with Crippen molar-refractivity contribution < 1.29 is 19.4 Å². The van der Waals surface area contributed by atoms with Crippen molar-refractivity contribution in [2.75, 3.05) is 19.8 Å². The van der Waals surface area contributed by atoms with Gasteiger partial charge >= 0.3 is 5.97 Å². The minimum atomic E-state index is -0.529. The molecule has 0 aromatic carbocycles. The fraction of sp³-hybridized carbons (Fsp3) is 0.735. The van der Waals surface area contributed by atoms with Gasteiger partial charge in [-0.2, -0.15) is 0 Å². The van der Waals surface area contributed by atoms with Crippen LogP contribution < -0.4 is 0 Å². The molecule has 0 saturated heterocycles. The Morgan fingerprint density at radius 2 is 1.16 bits per heavy atom. The van der Waals surface area contributed by atoms with Gasteiger partial charge in [-0.15, -0.1) is 0 Å². The molecule has 0 bridgehead atoms. The standard InChI is InChI=1S/C34H60O4/c1-3-5-7-8-9-10-11-12-13-14-15-16-17-18-19-20-21-22-23-24-25-26-27-28-30-37-32-33(31-35)38-34(36)29-6-4-2/h5,7,9-10,12-13,15-16,33,35H,3-4,6,8,11,14,17-32H2,1-2H3/b7-5-,10-9-,13-12-,16-15-. The Hall–Kier alpha value is -1.65. The van der Waals surface area contributed by atoms with Gasteiger partial charge in [-0.1, -0.05) is 127 Å². The Bertz CT molecular complexity index is 606. The lowest BCUT2D eigenvalue weighted by Gasteiger charge is -2.15. The van der Waals surface area contributed by atoms with Crippen LogP contribution in [0.4, 0.5) is 0 Å². The molecule has 0 aromatic rings. The molecule has 0 aliphatic heterocycles. The number of carbonyl (C=O) groups excluding carboxylic acids is 1. The second kappa shape index (κ2) is 31.6. The predicted molar refractivity (Wildman–Crippen MR) is 163 cm³/mol. The van der Waals surface area contributed by atoms with Gasteiger partial charge in [0.1, 0.15) is 6.10 Å². The fourth-order valence-corrected chi connectivity index (χ4v) is 4.06. The number of hydrogen-bond acceptors (Lipinski definition) is 4. The van der Waals surface area contributed by atoms with Crippen LogP contribution in [0.15, 0.2) is 48.6 Å². The zero-order chi connectivity index (χ0) is 27.8. The van der Waals surface area contributed by atoms with E-state index in [2.05, 4.69) is 55.5 Å². The molecule has 0 rings (SSSR count). The summed E-state index contributed by atoms with van der Waals surface area (Å²) in [5, 5.41) is 9.33. The smallest absolute Gasteiger partial charge is 0.306 e. The number of unbranched alkanes of at least 4 members (excludes halogenated alkanes) is 12. The molecule has 1 atom stereocenters. The summed E-state index contributed by atoms with van der Waals surface area (Å²) in [4.78, 5) is 11.6. The van der Waals surface area contributed by atoms with Crippen LogP contribution in [0, 0.1) is 0 Å². The molecule has 0 aliphatic carbocycles. The van der Waals surface area contributed by atoms with Gasteiger partial charge in [-0.25, -0.2) is 0 Å². The van der Waals surface area contributed by atoms with Crippen molar-refractivity contribution in [1.29, 1.82) is 0 Å². The number of hydrogen-bond donors (Lipinski definition) is 1. The van der Waals surface area contributed by atoms with Gasteiger partial charge in [0.15, 0.2) is 0 Å². The highest BCUT2D eigenvalue weighted by molar-refractivity contribution is 5.69. The van der Waals surface area contributed by atoms with Gasteiger partial charge in [-0.3, -0.25) is 4.79 Å². The van der Waals surface area contributed by atoms with Crippen LogP contribution in [0.3, 0.4) is 0 Å². The van der Waals surface area contributed by atoms with E-state index in [0.717, 1.165) is 44.9 Å². The van der Waals surface area contributed by atoms with E-state index in [-0.39, 0.29) is 19.2 Å². The molecule has 0 spiro atoms. The molecule has 4 heteroatoms. The quantitative estimate of drug-likeness (QED) is 0.0619. The third-order valence-electron chi connectivity index (χ3n) is 6.42. The number of rotatable bonds is 28. The number of aliphatic hydroxyl groups is 1. The van der Waals surface area contributed by atoms with Crippen LogP contribution in [0.2, 0.25) is 0 Å². The first-order valence-corrected chi connectivity index (χ1v) is 15.7. The Kier molecular flexibility index (Phi) is 30.2. The topological polar surface area (TPSA) is 55.8 Å². The van der Waals surface area contributed by atoms with E-state index in [1.807, 2.05) is 6.92 Å². The molecular weight excluding hydrogens is 472 g/mol. The van der Waals surface area contributed by atoms with Crippen molar-refractivity contribution in [3.63, 3.8) is 0 Å². The Labute approximate surface area is 235 Å². The highest BCUT2D eigenvalue weighted by Gasteiger charge is 2.13. The zero-order valence-corrected chi connectivity index (χ0v) is 24.9. The largest absolute Gasteiger partial charge is 0.457 e. The van der Waals surface area contributed by atoms with Crippen LogP contribution in [0.1, 0.15) is 136 Å². The molecule has 220 valence electrons. The van der Waals surface area contributed by atoms with Crippen molar-refractivity contribution in [3.8, 4) is 0 Å². The van der Waals surface area contributed by atoms with Gasteiger partial charge < -0.3 is 14.6 Å². The van der Waals surface area contributed by atoms with Crippen molar-refractivity contribution in [2.24, 2.45) is 0 Å². The van der Waals surface area contributed by atoms with Gasteiger partial charge in [0, 0.05) is 13.0 Å². The van der Waals surface area contributed by atoms with Crippen LogP contribution in [-0.4, -0.2) is 37.0 Å². The Morgan fingerprint density at radius 3 is 1.68 bits per heavy atom. The first-order chi connectivity index (χ1) is 18.7. The van der Waals surface area contributed by atoms with E-state index >= 15 is 0 Å². The highest BCUT2D eigenvalue weighted by Crippen LogP contribution is 2.12. The number of carbonyl (C=O) groups is 1. The first-order valence-electron chi connectivity index (χ1n) is 15.7. The second-order valence-electron chi connectivity index (χ2n) is 10.2. The lowest BCUT2D eigenvalue weighted by atomic mass is 10.1. The average Bonchev–Trinajstić information content (AvgIpc) is 2.93. The van der Waals surface area contributed by atoms with Gasteiger partial charge in [-0.05, 0) is 51.4 Å². The summed E-state index contributed by atoms with van der Waals surface area (Å²) in [7, 11) is 0. The van der Waals surface area contributed by atoms with E-state index in [9.17, 15) is 9.90 Å². The van der Waals surface area contributed by atoms with Crippen LogP contribution >= 0.6 is 0 Å². The van der Waals surface area contributed by atoms with E-state index in [1.54, 1.807) is 0 Å². The molecule has 0 aliphatic rings. The third kappa shape index (κ3) is 28.9. The van der Waals surface area contributed by atoms with Crippen LogP contribution in [-0.2, 0) is 14.3 Å². The molecule has 0 heterocycles. The van der Waals surface area contributed by atoms with Gasteiger partial charge in [0.05, 0.1) is 13.2 Å². The second-order valence-corrected chi connectivity index (χ2v) is 10.2. The molecule has 0 saturated carbocycles. The molecule has 1 unspecified atom stereocenters. The lowest BCUT2D eigenvalue weighted by Crippen LogP contribution is -2.27. The minimum absolute atomic E-state index is 0.177. The molecular formula is C34H60O4. The van der Waals surface area contributed by atoms with Crippen molar-refractivity contribution in [1.82, 2.24) is 0 Å². The molecule has 38 heavy (non-hydrogen) atoms. The first kappa shape index (κ1) is 36.4. The highest BCUT2D eigenvalue weighted by atomic mass is 16.6. The van der Waals surface area contributed by atoms with Gasteiger partial charge in [0.25, 0.3) is 0 Å². The number of ether oxygens (including phenoxy) is 2. The zero-order valence-electron chi connectivity index (χ0n) is 24.9. The summed E-state index contributed by atoms with van der Waals surface area (Å²) in [6.45, 7) is 4.99. The number of allylic oxidation sites excluding steroid dienone is 8. The van der Waals surface area contributed by atoms with Crippen molar-refractivity contribution in [3.05, 3.63) is 48.6 Å². The third-order valence-corrected chi connectivity index (χ3v) is 6.42. The van der Waals surface area contributed by atoms with E-state index in [0.29, 0.717) is 13.0 Å². The Balaban J connectivity index is 3.35. The van der Waals surface area contributed by atoms with E-state index < -0.39 is 6.10 Å². The molecule has 0 radical (unpaired) electrons.